The lowest BCUT2D eigenvalue weighted by molar-refractivity contribution is -0.116. The van der Waals surface area contributed by atoms with E-state index < -0.39 is 0 Å². The van der Waals surface area contributed by atoms with Gasteiger partial charge in [0.15, 0.2) is 0 Å². The van der Waals surface area contributed by atoms with Gasteiger partial charge in [-0.1, -0.05) is 22.9 Å². The fourth-order valence-corrected chi connectivity index (χ4v) is 2.85. The Labute approximate surface area is 136 Å². The fourth-order valence-electron chi connectivity index (χ4n) is 1.89. The van der Waals surface area contributed by atoms with Crippen LogP contribution in [0.2, 0.25) is 5.02 Å². The van der Waals surface area contributed by atoms with Crippen molar-refractivity contribution in [3.8, 4) is 11.5 Å². The number of ether oxygens (including phenoxy) is 2. The topological polar surface area (TPSA) is 69.6 Å². The quantitative estimate of drug-likeness (QED) is 0.906. The average molecular weight is 343 g/mol. The van der Waals surface area contributed by atoms with Crippen LogP contribution in [0.15, 0.2) is 22.3 Å². The van der Waals surface area contributed by atoms with Gasteiger partial charge >= 0.3 is 4.87 Å². The lowest BCUT2D eigenvalue weighted by Gasteiger charge is -2.13. The van der Waals surface area contributed by atoms with Crippen LogP contribution in [0, 0.1) is 6.92 Å². The molecule has 1 N–H and O–H groups in total. The van der Waals surface area contributed by atoms with Crippen molar-refractivity contribution >= 4 is 34.5 Å². The molecule has 0 atom stereocenters. The molecule has 1 amide bonds. The highest BCUT2D eigenvalue weighted by Crippen LogP contribution is 2.35. The molecule has 0 aliphatic carbocycles. The van der Waals surface area contributed by atoms with Crippen LogP contribution in [0.25, 0.3) is 0 Å². The van der Waals surface area contributed by atoms with Crippen LogP contribution in [-0.2, 0) is 11.3 Å². The first-order valence-corrected chi connectivity index (χ1v) is 7.58. The zero-order chi connectivity index (χ0) is 16.3. The van der Waals surface area contributed by atoms with Crippen LogP contribution in [0.4, 0.5) is 5.69 Å². The molecule has 1 aromatic heterocycles. The van der Waals surface area contributed by atoms with Gasteiger partial charge in [-0.25, -0.2) is 0 Å². The molecular formula is C14H15ClN2O4S. The van der Waals surface area contributed by atoms with Crippen molar-refractivity contribution in [3.63, 3.8) is 0 Å². The second-order valence-corrected chi connectivity index (χ2v) is 5.69. The smallest absolute Gasteiger partial charge is 0.307 e. The van der Waals surface area contributed by atoms with E-state index in [-0.39, 0.29) is 17.3 Å². The number of carbonyl (C=O) groups excluding carboxylic acids is 1. The van der Waals surface area contributed by atoms with Crippen molar-refractivity contribution in [1.29, 1.82) is 0 Å². The fraction of sp³-hybridized carbons (Fsp3) is 0.286. The summed E-state index contributed by atoms with van der Waals surface area (Å²) >= 11 is 7.07. The molecular weight excluding hydrogens is 328 g/mol. The summed E-state index contributed by atoms with van der Waals surface area (Å²) in [4.78, 5) is 23.6. The van der Waals surface area contributed by atoms with E-state index in [0.29, 0.717) is 22.2 Å². The van der Waals surface area contributed by atoms with E-state index in [2.05, 4.69) is 5.32 Å². The van der Waals surface area contributed by atoms with Crippen LogP contribution < -0.4 is 19.7 Å². The first-order valence-electron chi connectivity index (χ1n) is 6.32. The van der Waals surface area contributed by atoms with Gasteiger partial charge in [0.1, 0.15) is 18.0 Å². The molecule has 0 aliphatic heterocycles. The predicted octanol–water partition coefficient (Wildman–Crippen LogP) is 2.53. The summed E-state index contributed by atoms with van der Waals surface area (Å²) in [5, 5.41) is 4.79. The van der Waals surface area contributed by atoms with E-state index in [9.17, 15) is 9.59 Å². The molecule has 1 aromatic carbocycles. The molecule has 0 spiro atoms. The maximum atomic E-state index is 12.1. The van der Waals surface area contributed by atoms with Gasteiger partial charge in [0.25, 0.3) is 0 Å². The normalized spacial score (nSPS) is 10.4. The third-order valence-electron chi connectivity index (χ3n) is 3.03. The molecule has 0 saturated carbocycles. The summed E-state index contributed by atoms with van der Waals surface area (Å²) in [6.07, 6.45) is 0. The van der Waals surface area contributed by atoms with Crippen molar-refractivity contribution in [2.45, 2.75) is 13.5 Å². The van der Waals surface area contributed by atoms with E-state index in [4.69, 9.17) is 21.1 Å². The number of hydrogen-bond acceptors (Lipinski definition) is 5. The van der Waals surface area contributed by atoms with Crippen molar-refractivity contribution < 1.29 is 14.3 Å². The van der Waals surface area contributed by atoms with Crippen LogP contribution in [0.3, 0.4) is 0 Å². The van der Waals surface area contributed by atoms with Gasteiger partial charge in [0, 0.05) is 23.2 Å². The van der Waals surface area contributed by atoms with Crippen LogP contribution in [0.1, 0.15) is 5.69 Å². The predicted molar refractivity (Wildman–Crippen MR) is 86.5 cm³/mol. The van der Waals surface area contributed by atoms with Crippen molar-refractivity contribution in [3.05, 3.63) is 37.9 Å². The maximum absolute atomic E-state index is 12.1. The van der Waals surface area contributed by atoms with Crippen molar-refractivity contribution in [2.24, 2.45) is 0 Å². The number of nitrogens with one attached hydrogen (secondary N) is 1. The molecule has 1 heterocycles. The highest BCUT2D eigenvalue weighted by atomic mass is 35.5. The lowest BCUT2D eigenvalue weighted by atomic mass is 10.2. The summed E-state index contributed by atoms with van der Waals surface area (Å²) in [5.74, 6) is 0.487. The number of rotatable bonds is 5. The van der Waals surface area contributed by atoms with Gasteiger partial charge < -0.3 is 14.8 Å². The first kappa shape index (κ1) is 16.4. The number of aromatic nitrogens is 1. The van der Waals surface area contributed by atoms with Crippen molar-refractivity contribution in [2.75, 3.05) is 19.5 Å². The Morgan fingerprint density at radius 3 is 2.55 bits per heavy atom. The molecule has 2 aromatic rings. The maximum Gasteiger partial charge on any atom is 0.307 e. The number of aryl methyl sites for hydroxylation is 1. The third-order valence-corrected chi connectivity index (χ3v) is 4.20. The van der Waals surface area contributed by atoms with Gasteiger partial charge in [-0.3, -0.25) is 14.2 Å². The summed E-state index contributed by atoms with van der Waals surface area (Å²) in [7, 11) is 2.95. The molecule has 0 radical (unpaired) electrons. The largest absolute Gasteiger partial charge is 0.495 e. The minimum atomic E-state index is -0.341. The van der Waals surface area contributed by atoms with E-state index in [1.54, 1.807) is 24.4 Å². The second-order valence-electron chi connectivity index (χ2n) is 4.46. The Kier molecular flexibility index (Phi) is 5.10. The molecule has 2 rings (SSSR count). The number of carbonyl (C=O) groups is 1. The Morgan fingerprint density at radius 2 is 2.00 bits per heavy atom. The number of amides is 1. The molecule has 6 nitrogen and oxygen atoms in total. The number of thiazole rings is 1. The first-order chi connectivity index (χ1) is 10.5. The number of methoxy groups -OCH3 is 2. The second kappa shape index (κ2) is 6.85. The van der Waals surface area contributed by atoms with Crippen LogP contribution >= 0.6 is 22.9 Å². The highest BCUT2D eigenvalue weighted by Gasteiger charge is 2.14. The number of halogens is 1. The Hall–Kier alpha value is -1.99. The van der Waals surface area contributed by atoms with Gasteiger partial charge in [-0.05, 0) is 6.92 Å². The summed E-state index contributed by atoms with van der Waals surface area (Å²) in [6, 6.07) is 3.13. The average Bonchev–Trinajstić information content (AvgIpc) is 2.80. The van der Waals surface area contributed by atoms with Crippen molar-refractivity contribution in [1.82, 2.24) is 4.57 Å². The number of benzene rings is 1. The summed E-state index contributed by atoms with van der Waals surface area (Å²) in [6.45, 7) is 1.71. The zero-order valence-corrected chi connectivity index (χ0v) is 13.9. The van der Waals surface area contributed by atoms with Gasteiger partial charge in [0.05, 0.1) is 24.9 Å². The van der Waals surface area contributed by atoms with E-state index in [1.807, 2.05) is 0 Å². The molecule has 0 unspecified atom stereocenters. The van der Waals surface area contributed by atoms with E-state index >= 15 is 0 Å². The van der Waals surface area contributed by atoms with E-state index in [0.717, 1.165) is 17.0 Å². The number of nitrogens with zero attached hydrogens (tertiary/aromatic N) is 1. The highest BCUT2D eigenvalue weighted by molar-refractivity contribution is 7.07. The monoisotopic (exact) mass is 342 g/mol. The zero-order valence-electron chi connectivity index (χ0n) is 12.3. The molecule has 0 bridgehead atoms. The van der Waals surface area contributed by atoms with Crippen LogP contribution in [-0.4, -0.2) is 24.7 Å². The molecule has 0 fully saturated rings. The molecule has 0 saturated heterocycles. The molecule has 0 aliphatic rings. The molecule has 118 valence electrons. The standard InChI is InChI=1S/C14H15ClN2O4S/c1-8-7-22-14(19)17(8)6-13(18)16-10-5-11(20-2)9(15)4-12(10)21-3/h4-5,7H,6H2,1-3H3,(H,16,18). The van der Waals surface area contributed by atoms with Gasteiger partial charge in [-0.15, -0.1) is 0 Å². The lowest BCUT2D eigenvalue weighted by Crippen LogP contribution is -2.25. The minimum Gasteiger partial charge on any atom is -0.495 e. The SMILES string of the molecule is COc1cc(NC(=O)Cn2c(C)csc2=O)c(OC)cc1Cl. The Bertz CT molecular complexity index is 754. The molecule has 22 heavy (non-hydrogen) atoms. The summed E-state index contributed by atoms with van der Waals surface area (Å²) in [5.41, 5.74) is 1.17. The number of anilines is 1. The molecule has 8 heteroatoms. The number of hydrogen-bond donors (Lipinski definition) is 1. The van der Waals surface area contributed by atoms with E-state index in [1.165, 1.54) is 18.8 Å². The van der Waals surface area contributed by atoms with Gasteiger partial charge in [0.2, 0.25) is 5.91 Å². The third kappa shape index (κ3) is 3.42. The van der Waals surface area contributed by atoms with Crippen LogP contribution in [0.5, 0.6) is 11.5 Å². The minimum absolute atomic E-state index is 0.0672. The Balaban J connectivity index is 2.23. The summed E-state index contributed by atoms with van der Waals surface area (Å²) < 4.78 is 11.7. The van der Waals surface area contributed by atoms with Gasteiger partial charge in [-0.2, -0.15) is 0 Å². The Morgan fingerprint density at radius 1 is 1.32 bits per heavy atom.